The fourth-order valence-corrected chi connectivity index (χ4v) is 4.88. The highest BCUT2D eigenvalue weighted by Gasteiger charge is 2.20. The summed E-state index contributed by atoms with van der Waals surface area (Å²) >= 11 is 0. The molecule has 1 fully saturated rings. The second kappa shape index (κ2) is 9.59. The van der Waals surface area contributed by atoms with Crippen LogP contribution in [0.25, 0.3) is 27.8 Å². The van der Waals surface area contributed by atoms with Crippen LogP contribution in [0.5, 0.6) is 5.75 Å². The van der Waals surface area contributed by atoms with Gasteiger partial charge in [0.1, 0.15) is 5.75 Å². The van der Waals surface area contributed by atoms with Crippen molar-refractivity contribution in [3.8, 4) is 17.0 Å². The zero-order chi connectivity index (χ0) is 25.4. The standard InChI is InChI=1S/C28H28N6O3/c1-36-21-8-5-18(6-9-21)16-30-28-25-15-20(27(29)35)17-33(25)24-10-7-19(14-22(24)32-28)23-11-12-31-34(23)26-4-2-3-13-37-26/h5-12,14-15,17,26H,2-4,13,16H2,1H3,(H2,29,35)(H,30,32). The molecule has 1 unspecified atom stereocenters. The highest BCUT2D eigenvalue weighted by molar-refractivity contribution is 5.97. The third-order valence-electron chi connectivity index (χ3n) is 6.83. The van der Waals surface area contributed by atoms with Crippen LogP contribution >= 0.6 is 0 Å². The van der Waals surface area contributed by atoms with Gasteiger partial charge in [0, 0.05) is 31.1 Å². The lowest BCUT2D eigenvalue weighted by Crippen LogP contribution is -2.19. The van der Waals surface area contributed by atoms with E-state index in [2.05, 4.69) is 10.4 Å². The van der Waals surface area contributed by atoms with Crippen molar-refractivity contribution in [3.63, 3.8) is 0 Å². The molecule has 3 aromatic heterocycles. The Morgan fingerprint density at radius 2 is 2.00 bits per heavy atom. The second-order valence-electron chi connectivity index (χ2n) is 9.20. The Labute approximate surface area is 213 Å². The Hall–Kier alpha value is -4.37. The van der Waals surface area contributed by atoms with Crippen molar-refractivity contribution in [2.75, 3.05) is 19.0 Å². The van der Waals surface area contributed by atoms with E-state index in [1.165, 1.54) is 0 Å². The van der Waals surface area contributed by atoms with Crippen LogP contribution in [0.4, 0.5) is 5.82 Å². The number of aromatic nitrogens is 4. The largest absolute Gasteiger partial charge is 0.497 e. The number of nitrogens with zero attached hydrogens (tertiary/aromatic N) is 4. The van der Waals surface area contributed by atoms with Crippen LogP contribution in [0.3, 0.4) is 0 Å². The van der Waals surface area contributed by atoms with Gasteiger partial charge in [-0.15, -0.1) is 0 Å². The zero-order valence-electron chi connectivity index (χ0n) is 20.6. The molecule has 9 nitrogen and oxygen atoms in total. The maximum Gasteiger partial charge on any atom is 0.250 e. The molecular formula is C28H28N6O3. The number of hydrogen-bond donors (Lipinski definition) is 2. The van der Waals surface area contributed by atoms with E-state index in [0.29, 0.717) is 17.9 Å². The van der Waals surface area contributed by atoms with Crippen molar-refractivity contribution in [2.24, 2.45) is 5.73 Å². The minimum atomic E-state index is -0.481. The van der Waals surface area contributed by atoms with Gasteiger partial charge in [0.15, 0.2) is 12.0 Å². The van der Waals surface area contributed by atoms with Crippen LogP contribution in [0, 0.1) is 0 Å². The molecule has 188 valence electrons. The van der Waals surface area contributed by atoms with Crippen molar-refractivity contribution >= 4 is 28.3 Å². The van der Waals surface area contributed by atoms with Gasteiger partial charge in [-0.1, -0.05) is 18.2 Å². The van der Waals surface area contributed by atoms with E-state index in [1.54, 1.807) is 25.6 Å². The summed E-state index contributed by atoms with van der Waals surface area (Å²) in [4.78, 5) is 17.0. The summed E-state index contributed by atoms with van der Waals surface area (Å²) in [7, 11) is 1.65. The van der Waals surface area contributed by atoms with Crippen LogP contribution in [-0.2, 0) is 11.3 Å². The molecule has 9 heteroatoms. The summed E-state index contributed by atoms with van der Waals surface area (Å²) in [5, 5.41) is 8.00. The number of amides is 1. The summed E-state index contributed by atoms with van der Waals surface area (Å²) in [6.45, 7) is 1.31. The van der Waals surface area contributed by atoms with Crippen LogP contribution in [-0.4, -0.2) is 38.8 Å². The first kappa shape index (κ1) is 23.1. The Bertz CT molecular complexity index is 1580. The van der Waals surface area contributed by atoms with Crippen molar-refractivity contribution in [1.82, 2.24) is 19.2 Å². The monoisotopic (exact) mass is 496 g/mol. The molecule has 1 amide bonds. The lowest BCUT2D eigenvalue weighted by molar-refractivity contribution is -0.0383. The number of carbonyl (C=O) groups excluding carboxylic acids is 1. The summed E-state index contributed by atoms with van der Waals surface area (Å²) in [6, 6.07) is 17.7. The SMILES string of the molecule is COc1ccc(CNc2nc3cc(-c4ccnn4C4CCCCO4)ccc3n3cc(C(N)=O)cc23)cc1. The molecule has 4 heterocycles. The number of carbonyl (C=O) groups is 1. The first-order chi connectivity index (χ1) is 18.1. The molecule has 6 rings (SSSR count). The molecule has 0 radical (unpaired) electrons. The van der Waals surface area contributed by atoms with Gasteiger partial charge in [-0.3, -0.25) is 4.79 Å². The zero-order valence-corrected chi connectivity index (χ0v) is 20.6. The predicted molar refractivity (Wildman–Crippen MR) is 142 cm³/mol. The summed E-state index contributed by atoms with van der Waals surface area (Å²) in [5.41, 5.74) is 11.5. The summed E-state index contributed by atoms with van der Waals surface area (Å²) < 4.78 is 15.2. The van der Waals surface area contributed by atoms with E-state index >= 15 is 0 Å². The van der Waals surface area contributed by atoms with Gasteiger partial charge in [0.05, 0.1) is 34.9 Å². The van der Waals surface area contributed by atoms with Crippen molar-refractivity contribution in [2.45, 2.75) is 32.0 Å². The second-order valence-corrected chi connectivity index (χ2v) is 9.20. The van der Waals surface area contributed by atoms with Gasteiger partial charge in [-0.2, -0.15) is 5.10 Å². The smallest absolute Gasteiger partial charge is 0.250 e. The number of benzene rings is 2. The molecule has 37 heavy (non-hydrogen) atoms. The van der Waals surface area contributed by atoms with E-state index in [-0.39, 0.29) is 6.23 Å². The molecule has 1 aliphatic heterocycles. The number of fused-ring (bicyclic) bond motifs is 3. The number of methoxy groups -OCH3 is 1. The molecule has 3 N–H and O–H groups in total. The van der Waals surface area contributed by atoms with Crippen molar-refractivity contribution < 1.29 is 14.3 Å². The molecule has 2 aromatic carbocycles. The molecule has 5 aromatic rings. The van der Waals surface area contributed by atoms with Crippen LogP contribution in [0.15, 0.2) is 67.0 Å². The van der Waals surface area contributed by atoms with Gasteiger partial charge in [0.2, 0.25) is 5.91 Å². The Balaban J connectivity index is 1.41. The van der Waals surface area contributed by atoms with E-state index in [0.717, 1.165) is 65.0 Å². The van der Waals surface area contributed by atoms with Gasteiger partial charge in [-0.05, 0) is 61.2 Å². The van der Waals surface area contributed by atoms with Crippen molar-refractivity contribution in [3.05, 3.63) is 78.1 Å². The van der Waals surface area contributed by atoms with Gasteiger partial charge < -0.3 is 24.9 Å². The molecule has 1 saturated heterocycles. The fourth-order valence-electron chi connectivity index (χ4n) is 4.88. The highest BCUT2D eigenvalue weighted by atomic mass is 16.5. The maximum atomic E-state index is 12.0. The highest BCUT2D eigenvalue weighted by Crippen LogP contribution is 2.31. The van der Waals surface area contributed by atoms with Crippen LogP contribution < -0.4 is 15.8 Å². The lowest BCUT2D eigenvalue weighted by atomic mass is 10.1. The summed E-state index contributed by atoms with van der Waals surface area (Å²) in [6.07, 6.45) is 6.66. The Morgan fingerprint density at radius 1 is 1.14 bits per heavy atom. The van der Waals surface area contributed by atoms with Crippen LogP contribution in [0.2, 0.25) is 0 Å². The van der Waals surface area contributed by atoms with E-state index < -0.39 is 5.91 Å². The average Bonchev–Trinajstić information content (AvgIpc) is 3.61. The Morgan fingerprint density at radius 3 is 2.76 bits per heavy atom. The first-order valence-electron chi connectivity index (χ1n) is 12.4. The number of anilines is 1. The predicted octanol–water partition coefficient (Wildman–Crippen LogP) is 4.77. The summed E-state index contributed by atoms with van der Waals surface area (Å²) in [5.74, 6) is 0.987. The normalized spacial score (nSPS) is 15.8. The number of nitrogens with two attached hydrogens (primary N) is 1. The number of primary amides is 1. The molecule has 0 spiro atoms. The first-order valence-corrected chi connectivity index (χ1v) is 12.4. The maximum absolute atomic E-state index is 12.0. The average molecular weight is 497 g/mol. The minimum Gasteiger partial charge on any atom is -0.497 e. The molecule has 0 bridgehead atoms. The number of hydrogen-bond acceptors (Lipinski definition) is 6. The minimum absolute atomic E-state index is 0.0609. The van der Waals surface area contributed by atoms with Crippen molar-refractivity contribution in [1.29, 1.82) is 0 Å². The van der Waals surface area contributed by atoms with Gasteiger partial charge in [-0.25, -0.2) is 9.67 Å². The molecule has 0 aliphatic carbocycles. The van der Waals surface area contributed by atoms with Crippen LogP contribution in [0.1, 0.15) is 41.4 Å². The van der Waals surface area contributed by atoms with E-state index in [1.807, 2.05) is 57.6 Å². The number of nitrogens with one attached hydrogen (secondary N) is 1. The van der Waals surface area contributed by atoms with Gasteiger partial charge >= 0.3 is 0 Å². The Kier molecular flexibility index (Phi) is 5.97. The number of rotatable bonds is 7. The quantitative estimate of drug-likeness (QED) is 0.336. The number of ether oxygens (including phenoxy) is 2. The molecular weight excluding hydrogens is 468 g/mol. The topological polar surface area (TPSA) is 109 Å². The third kappa shape index (κ3) is 4.38. The fraction of sp³-hybridized carbons (Fsp3) is 0.250. The van der Waals surface area contributed by atoms with Gasteiger partial charge in [0.25, 0.3) is 0 Å². The molecule has 1 atom stereocenters. The van der Waals surface area contributed by atoms with E-state index in [9.17, 15) is 4.79 Å². The molecule has 0 saturated carbocycles. The lowest BCUT2D eigenvalue weighted by Gasteiger charge is -2.24. The van der Waals surface area contributed by atoms with E-state index in [4.69, 9.17) is 20.2 Å². The third-order valence-corrected chi connectivity index (χ3v) is 6.83. The molecule has 1 aliphatic rings.